The largest absolute Gasteiger partial charge is 0.498 e. The van der Waals surface area contributed by atoms with Gasteiger partial charge in [0.1, 0.15) is 0 Å². The summed E-state index contributed by atoms with van der Waals surface area (Å²) in [7, 11) is -3.69. The lowest BCUT2D eigenvalue weighted by Crippen LogP contribution is -2.51. The van der Waals surface area contributed by atoms with Gasteiger partial charge in [-0.05, 0) is 19.3 Å². The molecular weight excluding hydrogens is 260 g/mol. The van der Waals surface area contributed by atoms with E-state index in [1.54, 1.807) is 0 Å². The van der Waals surface area contributed by atoms with Crippen LogP contribution in [0.2, 0.25) is 25.3 Å². The lowest BCUT2D eigenvalue weighted by Gasteiger charge is -2.33. The first-order chi connectivity index (χ1) is 8.39. The summed E-state index contributed by atoms with van der Waals surface area (Å²) in [6.07, 6.45) is 3.06. The summed E-state index contributed by atoms with van der Waals surface area (Å²) >= 11 is 0. The van der Waals surface area contributed by atoms with Gasteiger partial charge in [-0.15, -0.1) is 0 Å². The molecular formula is C13H32O3Si2. The van der Waals surface area contributed by atoms with Crippen molar-refractivity contribution in [2.45, 2.75) is 65.3 Å². The van der Waals surface area contributed by atoms with Crippen LogP contribution < -0.4 is 0 Å². The third kappa shape index (κ3) is 8.42. The van der Waals surface area contributed by atoms with E-state index in [4.69, 9.17) is 13.3 Å². The third-order valence-electron chi connectivity index (χ3n) is 2.33. The fourth-order valence-corrected chi connectivity index (χ4v) is 9.92. The van der Waals surface area contributed by atoms with Crippen molar-refractivity contribution in [2.75, 3.05) is 19.8 Å². The van der Waals surface area contributed by atoms with Crippen LogP contribution in [0.3, 0.4) is 0 Å². The molecule has 0 saturated heterocycles. The third-order valence-corrected chi connectivity index (χ3v) is 10.2. The first-order valence-corrected chi connectivity index (χ1v) is 12.9. The predicted octanol–water partition coefficient (Wildman–Crippen LogP) is 4.08. The molecule has 0 aromatic rings. The van der Waals surface area contributed by atoms with Crippen LogP contribution in [0.25, 0.3) is 0 Å². The molecule has 0 unspecified atom stereocenters. The van der Waals surface area contributed by atoms with Gasteiger partial charge in [-0.3, -0.25) is 0 Å². The quantitative estimate of drug-likeness (QED) is 0.537. The average molecular weight is 293 g/mol. The van der Waals surface area contributed by atoms with Crippen molar-refractivity contribution >= 4 is 16.9 Å². The van der Waals surface area contributed by atoms with Crippen LogP contribution in [0, 0.1) is 0 Å². The zero-order valence-electron chi connectivity index (χ0n) is 13.2. The highest BCUT2D eigenvalue weighted by molar-refractivity contribution is 6.88. The van der Waals surface area contributed by atoms with Crippen molar-refractivity contribution < 1.29 is 13.3 Å². The van der Waals surface area contributed by atoms with Crippen molar-refractivity contribution in [2.24, 2.45) is 0 Å². The molecule has 0 heterocycles. The Morgan fingerprint density at radius 3 is 1.22 bits per heavy atom. The molecule has 0 bridgehead atoms. The molecule has 0 atom stereocenters. The minimum atomic E-state index is -2.43. The van der Waals surface area contributed by atoms with E-state index in [0.29, 0.717) is 0 Å². The molecule has 0 aliphatic heterocycles. The first-order valence-electron chi connectivity index (χ1n) is 7.31. The molecule has 0 rings (SSSR count). The van der Waals surface area contributed by atoms with Gasteiger partial charge >= 0.3 is 8.80 Å². The van der Waals surface area contributed by atoms with Crippen molar-refractivity contribution in [3.8, 4) is 0 Å². The van der Waals surface area contributed by atoms with E-state index < -0.39 is 16.9 Å². The molecule has 0 aromatic heterocycles. The van der Waals surface area contributed by atoms with E-state index in [0.717, 1.165) is 44.8 Å². The van der Waals surface area contributed by atoms with E-state index in [2.05, 4.69) is 40.4 Å². The molecule has 3 nitrogen and oxygen atoms in total. The fraction of sp³-hybridized carbons (Fsp3) is 1.00. The second-order valence-corrected chi connectivity index (χ2v) is 14.7. The Bertz CT molecular complexity index is 183. The minimum absolute atomic E-state index is 0.754. The Labute approximate surface area is 116 Å². The van der Waals surface area contributed by atoms with Gasteiger partial charge < -0.3 is 13.3 Å². The maximum Gasteiger partial charge on any atom is 0.498 e. The van der Waals surface area contributed by atoms with Crippen LogP contribution in [0.1, 0.15) is 40.0 Å². The van der Waals surface area contributed by atoms with E-state index in [1.807, 2.05) is 0 Å². The second kappa shape index (κ2) is 9.25. The molecule has 0 aliphatic carbocycles. The summed E-state index contributed by atoms with van der Waals surface area (Å²) in [6.45, 7) is 15.7. The zero-order valence-corrected chi connectivity index (χ0v) is 15.2. The van der Waals surface area contributed by atoms with Gasteiger partial charge in [0.05, 0.1) is 0 Å². The number of hydrogen-bond acceptors (Lipinski definition) is 3. The van der Waals surface area contributed by atoms with Crippen LogP contribution in [0.15, 0.2) is 0 Å². The topological polar surface area (TPSA) is 27.7 Å². The summed E-state index contributed by atoms with van der Waals surface area (Å²) in [6, 6.07) is 0. The fourth-order valence-electron chi connectivity index (χ4n) is 1.70. The molecule has 0 fully saturated rings. The normalized spacial score (nSPS) is 13.0. The molecule has 0 amide bonds. The van der Waals surface area contributed by atoms with Gasteiger partial charge in [0.25, 0.3) is 0 Å². The lowest BCUT2D eigenvalue weighted by atomic mass is 10.5. The van der Waals surface area contributed by atoms with Crippen LogP contribution in [0.4, 0.5) is 0 Å². The number of hydrogen-bond donors (Lipinski definition) is 0. The van der Waals surface area contributed by atoms with E-state index in [-0.39, 0.29) is 0 Å². The van der Waals surface area contributed by atoms with E-state index in [1.165, 1.54) is 0 Å². The molecule has 0 saturated carbocycles. The van der Waals surface area contributed by atoms with E-state index in [9.17, 15) is 0 Å². The molecule has 0 spiro atoms. The van der Waals surface area contributed by atoms with Crippen molar-refractivity contribution in [3.63, 3.8) is 0 Å². The van der Waals surface area contributed by atoms with Crippen LogP contribution in [-0.4, -0.2) is 36.7 Å². The summed E-state index contributed by atoms with van der Waals surface area (Å²) in [5, 5.41) is 0. The Hall–Kier alpha value is 0.314. The van der Waals surface area contributed by atoms with E-state index >= 15 is 0 Å². The van der Waals surface area contributed by atoms with Gasteiger partial charge in [-0.1, -0.05) is 40.4 Å². The van der Waals surface area contributed by atoms with Gasteiger partial charge in [0.2, 0.25) is 0 Å². The van der Waals surface area contributed by atoms with Gasteiger partial charge in [-0.2, -0.15) is 0 Å². The molecule has 0 aromatic carbocycles. The average Bonchev–Trinajstić information content (AvgIpc) is 2.29. The highest BCUT2D eigenvalue weighted by atomic mass is 28.4. The molecule has 5 heteroatoms. The molecule has 18 heavy (non-hydrogen) atoms. The SMILES string of the molecule is CCCO[Si](C[Si](C)(C)C)(OCCC)OCCC. The molecule has 0 aliphatic rings. The van der Waals surface area contributed by atoms with Crippen molar-refractivity contribution in [1.29, 1.82) is 0 Å². The van der Waals surface area contributed by atoms with Crippen LogP contribution >= 0.6 is 0 Å². The maximum atomic E-state index is 6.09. The summed E-state index contributed by atoms with van der Waals surface area (Å²) in [4.78, 5) is 0. The van der Waals surface area contributed by atoms with Crippen LogP contribution in [0.5, 0.6) is 0 Å². The van der Waals surface area contributed by atoms with Gasteiger partial charge in [0, 0.05) is 33.6 Å². The Morgan fingerprint density at radius 1 is 0.667 bits per heavy atom. The molecule has 110 valence electrons. The Kier molecular flexibility index (Phi) is 9.42. The highest BCUT2D eigenvalue weighted by Crippen LogP contribution is 2.24. The first kappa shape index (κ1) is 18.3. The smallest absolute Gasteiger partial charge is 0.374 e. The van der Waals surface area contributed by atoms with Gasteiger partial charge in [0.15, 0.2) is 0 Å². The van der Waals surface area contributed by atoms with Crippen molar-refractivity contribution in [1.82, 2.24) is 0 Å². The number of rotatable bonds is 11. The van der Waals surface area contributed by atoms with Crippen molar-refractivity contribution in [3.05, 3.63) is 0 Å². The summed E-state index contributed by atoms with van der Waals surface area (Å²) in [5.74, 6) is 0. The lowest BCUT2D eigenvalue weighted by molar-refractivity contribution is 0.0632. The second-order valence-electron chi connectivity index (χ2n) is 5.97. The standard InChI is InChI=1S/C13H32O3Si2/c1-7-10-14-18(15-11-8-2,16-12-9-3)13-17(4,5)6/h7-13H2,1-6H3. The Balaban J connectivity index is 4.73. The zero-order chi connectivity index (χ0) is 14.1. The van der Waals surface area contributed by atoms with Crippen LogP contribution in [-0.2, 0) is 13.3 Å². The molecule has 0 radical (unpaired) electrons. The molecule has 0 N–H and O–H groups in total. The highest BCUT2D eigenvalue weighted by Gasteiger charge is 2.45. The predicted molar refractivity (Wildman–Crippen MR) is 82.6 cm³/mol. The maximum absolute atomic E-state index is 6.09. The minimum Gasteiger partial charge on any atom is -0.374 e. The van der Waals surface area contributed by atoms with Gasteiger partial charge in [-0.25, -0.2) is 0 Å². The summed E-state index contributed by atoms with van der Waals surface area (Å²) < 4.78 is 18.3. The monoisotopic (exact) mass is 292 g/mol. The Morgan fingerprint density at radius 2 is 1.00 bits per heavy atom. The summed E-state index contributed by atoms with van der Waals surface area (Å²) in [5.41, 5.74) is 1.03.